The summed E-state index contributed by atoms with van der Waals surface area (Å²) in [5, 5.41) is 14.8. The molecule has 1 N–H and O–H groups in total. The maximum absolute atomic E-state index is 14.6. The average molecular weight is 734 g/mol. The lowest BCUT2D eigenvalue weighted by Crippen LogP contribution is -2.52. The Morgan fingerprint density at radius 3 is 2.25 bits per heavy atom. The van der Waals surface area contributed by atoms with Crippen molar-refractivity contribution in [1.82, 2.24) is 24.6 Å². The van der Waals surface area contributed by atoms with Crippen molar-refractivity contribution in [2.75, 3.05) is 56.3 Å². The number of methoxy groups -OCH3 is 1. The van der Waals surface area contributed by atoms with Crippen LogP contribution in [0, 0.1) is 0 Å². The Labute approximate surface area is 292 Å². The van der Waals surface area contributed by atoms with Crippen LogP contribution in [0.2, 0.25) is 0 Å². The van der Waals surface area contributed by atoms with Gasteiger partial charge in [0.15, 0.2) is 6.10 Å². The number of halogens is 6. The van der Waals surface area contributed by atoms with Crippen LogP contribution in [-0.2, 0) is 35.0 Å². The van der Waals surface area contributed by atoms with Crippen LogP contribution in [-0.4, -0.2) is 88.3 Å². The summed E-state index contributed by atoms with van der Waals surface area (Å²) < 4.78 is 94.0. The summed E-state index contributed by atoms with van der Waals surface area (Å²) in [6.45, 7) is -0.232. The standard InChI is InChI=1S/C34H33F6N7O5/c1-51-24-8-6-21(7-9-24)17-47-31(50)29(34(38,39)40)26(16-43-47)46-18-22-4-2-3-5-25(22)27(46)19-52-20-28(48)30(49)44-10-12-45(13-11-44)32-41-14-23(15-42-32)33(35,36)37/h2-9,14-16,27-28,48H,10-13,17-20H2,1H3. The molecule has 1 amide bonds. The first kappa shape index (κ1) is 36.6. The highest BCUT2D eigenvalue weighted by Crippen LogP contribution is 2.42. The van der Waals surface area contributed by atoms with Gasteiger partial charge in [-0.2, -0.15) is 31.4 Å². The Balaban J connectivity index is 1.12. The summed E-state index contributed by atoms with van der Waals surface area (Å²) >= 11 is 0. The quantitative estimate of drug-likeness (QED) is 0.240. The lowest BCUT2D eigenvalue weighted by atomic mass is 10.1. The van der Waals surface area contributed by atoms with Crippen LogP contribution in [0.5, 0.6) is 5.75 Å². The largest absolute Gasteiger partial charge is 0.497 e. The number of piperazine rings is 1. The van der Waals surface area contributed by atoms with Crippen molar-refractivity contribution in [3.05, 3.63) is 105 Å². The van der Waals surface area contributed by atoms with E-state index in [0.29, 0.717) is 34.8 Å². The number of hydrogen-bond acceptors (Lipinski definition) is 10. The topological polar surface area (TPSA) is 126 Å². The Hall–Kier alpha value is -5.23. The molecule has 2 aliphatic rings. The van der Waals surface area contributed by atoms with E-state index in [1.165, 1.54) is 16.9 Å². The second-order valence-electron chi connectivity index (χ2n) is 12.2. The number of carbonyl (C=O) groups excluding carboxylic acids is 1. The van der Waals surface area contributed by atoms with Gasteiger partial charge in [-0.25, -0.2) is 14.6 Å². The van der Waals surface area contributed by atoms with Crippen LogP contribution in [0.1, 0.15) is 33.9 Å². The monoisotopic (exact) mass is 733 g/mol. The molecule has 0 saturated carbocycles. The number of aromatic nitrogens is 4. The third-order valence-electron chi connectivity index (χ3n) is 8.92. The molecule has 0 aliphatic carbocycles. The average Bonchev–Trinajstić information content (AvgIpc) is 3.49. The first-order valence-electron chi connectivity index (χ1n) is 16.1. The Morgan fingerprint density at radius 1 is 0.942 bits per heavy atom. The molecule has 2 atom stereocenters. The minimum Gasteiger partial charge on any atom is -0.497 e. The molecule has 0 spiro atoms. The number of fused-ring (bicyclic) bond motifs is 1. The summed E-state index contributed by atoms with van der Waals surface area (Å²) in [6, 6.07) is 12.6. The zero-order chi connectivity index (χ0) is 37.2. The lowest BCUT2D eigenvalue weighted by molar-refractivity contribution is -0.144. The summed E-state index contributed by atoms with van der Waals surface area (Å²) in [5.41, 5.74) is -2.22. The maximum Gasteiger partial charge on any atom is 0.423 e. The van der Waals surface area contributed by atoms with Gasteiger partial charge in [-0.1, -0.05) is 36.4 Å². The van der Waals surface area contributed by atoms with Crippen molar-refractivity contribution >= 4 is 17.5 Å². The number of hydrogen-bond donors (Lipinski definition) is 1. The van der Waals surface area contributed by atoms with Crippen molar-refractivity contribution in [3.63, 3.8) is 0 Å². The highest BCUT2D eigenvalue weighted by molar-refractivity contribution is 5.81. The number of alkyl halides is 6. The van der Waals surface area contributed by atoms with Crippen molar-refractivity contribution in [2.24, 2.45) is 0 Å². The van der Waals surface area contributed by atoms with Crippen molar-refractivity contribution in [2.45, 2.75) is 37.6 Å². The second kappa shape index (κ2) is 14.8. The van der Waals surface area contributed by atoms with E-state index in [1.807, 2.05) is 0 Å². The van der Waals surface area contributed by atoms with E-state index in [0.717, 1.165) is 10.9 Å². The number of ether oxygens (including phenoxy) is 2. The SMILES string of the molecule is COc1ccc(Cn2ncc(N3Cc4ccccc4C3COCC(O)C(=O)N3CCN(c4ncc(C(F)(F)F)cn4)CC3)c(C(F)(F)F)c2=O)cc1. The molecule has 2 unspecified atom stereocenters. The summed E-state index contributed by atoms with van der Waals surface area (Å²) in [5.74, 6) is -0.0353. The first-order valence-corrected chi connectivity index (χ1v) is 16.1. The van der Waals surface area contributed by atoms with Gasteiger partial charge in [0.05, 0.1) is 50.4 Å². The van der Waals surface area contributed by atoms with Gasteiger partial charge in [0.2, 0.25) is 5.95 Å². The third-order valence-corrected chi connectivity index (χ3v) is 8.92. The predicted molar refractivity (Wildman–Crippen MR) is 174 cm³/mol. The van der Waals surface area contributed by atoms with E-state index in [-0.39, 0.29) is 51.8 Å². The van der Waals surface area contributed by atoms with E-state index in [9.17, 15) is 41.0 Å². The molecule has 0 bridgehead atoms. The van der Waals surface area contributed by atoms with Gasteiger partial charge in [-0.15, -0.1) is 0 Å². The van der Waals surface area contributed by atoms with Gasteiger partial charge < -0.3 is 29.3 Å². The Morgan fingerprint density at radius 2 is 1.62 bits per heavy atom. The Bertz CT molecular complexity index is 1930. The van der Waals surface area contributed by atoms with Crippen molar-refractivity contribution in [3.8, 4) is 5.75 Å². The van der Waals surface area contributed by atoms with Gasteiger partial charge in [0, 0.05) is 45.1 Å². The molecule has 6 rings (SSSR count). The summed E-state index contributed by atoms with van der Waals surface area (Å²) in [4.78, 5) is 38.3. The number of aliphatic hydroxyl groups excluding tert-OH is 1. The van der Waals surface area contributed by atoms with E-state index in [2.05, 4.69) is 15.1 Å². The normalized spacial score (nSPS) is 16.9. The van der Waals surface area contributed by atoms with E-state index < -0.39 is 59.4 Å². The van der Waals surface area contributed by atoms with Crippen LogP contribution in [0.15, 0.2) is 71.9 Å². The maximum atomic E-state index is 14.6. The molecule has 4 heterocycles. The lowest BCUT2D eigenvalue weighted by Gasteiger charge is -2.35. The van der Waals surface area contributed by atoms with Gasteiger partial charge in [-0.05, 0) is 28.8 Å². The second-order valence-corrected chi connectivity index (χ2v) is 12.2. The van der Waals surface area contributed by atoms with Gasteiger partial charge >= 0.3 is 12.4 Å². The molecule has 2 aromatic heterocycles. The van der Waals surface area contributed by atoms with Crippen LogP contribution in [0.4, 0.5) is 38.0 Å². The minimum atomic E-state index is -5.03. The van der Waals surface area contributed by atoms with Gasteiger partial charge in [0.1, 0.15) is 11.3 Å². The van der Waals surface area contributed by atoms with Crippen LogP contribution < -0.4 is 20.1 Å². The molecular weight excluding hydrogens is 700 g/mol. The minimum absolute atomic E-state index is 0.0191. The smallest absolute Gasteiger partial charge is 0.423 e. The van der Waals surface area contributed by atoms with Gasteiger partial charge in [0.25, 0.3) is 11.5 Å². The molecule has 276 valence electrons. The summed E-state index contributed by atoms with van der Waals surface area (Å²) in [6.07, 6.45) is -8.82. The van der Waals surface area contributed by atoms with E-state index in [1.54, 1.807) is 53.4 Å². The van der Waals surface area contributed by atoms with E-state index >= 15 is 0 Å². The van der Waals surface area contributed by atoms with Crippen molar-refractivity contribution in [1.29, 1.82) is 0 Å². The predicted octanol–water partition coefficient (Wildman–Crippen LogP) is 3.92. The van der Waals surface area contributed by atoms with Crippen LogP contribution in [0.3, 0.4) is 0 Å². The molecule has 0 radical (unpaired) electrons. The van der Waals surface area contributed by atoms with Crippen LogP contribution >= 0.6 is 0 Å². The third kappa shape index (κ3) is 7.81. The number of carbonyl (C=O) groups is 1. The van der Waals surface area contributed by atoms with Crippen LogP contribution in [0.25, 0.3) is 0 Å². The number of benzene rings is 2. The molecule has 1 fully saturated rings. The number of aliphatic hydroxyl groups is 1. The van der Waals surface area contributed by atoms with Gasteiger partial charge in [-0.3, -0.25) is 9.59 Å². The fourth-order valence-electron chi connectivity index (χ4n) is 6.21. The Kier molecular flexibility index (Phi) is 10.4. The molecule has 18 heteroatoms. The molecule has 2 aromatic carbocycles. The van der Waals surface area contributed by atoms with E-state index in [4.69, 9.17) is 9.47 Å². The molecule has 12 nitrogen and oxygen atoms in total. The van der Waals surface area contributed by atoms with Crippen molar-refractivity contribution < 1.29 is 45.7 Å². The number of amides is 1. The molecule has 1 saturated heterocycles. The molecule has 2 aliphatic heterocycles. The summed E-state index contributed by atoms with van der Waals surface area (Å²) in [7, 11) is 1.48. The molecular formula is C34H33F6N7O5. The number of rotatable bonds is 10. The molecule has 4 aromatic rings. The zero-order valence-electron chi connectivity index (χ0n) is 27.6. The molecule has 52 heavy (non-hydrogen) atoms. The fraction of sp³-hybridized carbons (Fsp3) is 0.382. The highest BCUT2D eigenvalue weighted by Gasteiger charge is 2.43. The zero-order valence-corrected chi connectivity index (χ0v) is 27.6. The highest BCUT2D eigenvalue weighted by atomic mass is 19.4. The fourth-order valence-corrected chi connectivity index (χ4v) is 6.21. The first-order chi connectivity index (χ1) is 24.7. The number of nitrogens with zero attached hydrogens (tertiary/aromatic N) is 7. The number of anilines is 2.